The average molecular weight is 375 g/mol. The van der Waals surface area contributed by atoms with Gasteiger partial charge in [-0.25, -0.2) is 4.39 Å². The summed E-state index contributed by atoms with van der Waals surface area (Å²) in [6.07, 6.45) is -0.782. The van der Waals surface area contributed by atoms with Crippen LogP contribution in [0.1, 0.15) is 0 Å². The molecule has 2 N–H and O–H groups in total. The molecule has 0 heterocycles. The summed E-state index contributed by atoms with van der Waals surface area (Å²) < 4.78 is 19.4. The van der Waals surface area contributed by atoms with Crippen LogP contribution in [0.15, 0.2) is 46.9 Å². The van der Waals surface area contributed by atoms with Gasteiger partial charge in [-0.3, -0.25) is 0 Å². The standard InChI is InChI=1S/C15H14BrClFNO2/c16-12-6-5-10(17)7-14(12)19-8-11(20)9-21-15-4-2-1-3-13(15)18/h1-7,11,19-20H,8-9H2. The number of ether oxygens (including phenoxy) is 1. The van der Waals surface area contributed by atoms with Gasteiger partial charge in [0.05, 0.1) is 0 Å². The summed E-state index contributed by atoms with van der Waals surface area (Å²) >= 11 is 9.28. The van der Waals surface area contributed by atoms with Crippen molar-refractivity contribution in [2.24, 2.45) is 0 Å². The number of hydrogen-bond acceptors (Lipinski definition) is 3. The van der Waals surface area contributed by atoms with E-state index in [0.717, 1.165) is 10.2 Å². The van der Waals surface area contributed by atoms with Crippen LogP contribution < -0.4 is 10.1 Å². The van der Waals surface area contributed by atoms with E-state index in [1.165, 1.54) is 12.1 Å². The van der Waals surface area contributed by atoms with Crippen LogP contribution in [0.2, 0.25) is 5.02 Å². The van der Waals surface area contributed by atoms with E-state index in [2.05, 4.69) is 21.2 Å². The first-order valence-corrected chi connectivity index (χ1v) is 7.47. The van der Waals surface area contributed by atoms with Crippen LogP contribution in [0.4, 0.5) is 10.1 Å². The molecule has 0 fully saturated rings. The topological polar surface area (TPSA) is 41.5 Å². The second-order valence-electron chi connectivity index (χ2n) is 4.40. The van der Waals surface area contributed by atoms with Gasteiger partial charge in [0.1, 0.15) is 12.7 Å². The molecule has 0 bridgehead atoms. The molecule has 0 amide bonds. The van der Waals surface area contributed by atoms with Crippen LogP contribution in [-0.2, 0) is 0 Å². The lowest BCUT2D eigenvalue weighted by atomic mass is 10.3. The highest BCUT2D eigenvalue weighted by atomic mass is 79.9. The lowest BCUT2D eigenvalue weighted by molar-refractivity contribution is 0.115. The second kappa shape index (κ2) is 7.64. The molecule has 2 rings (SSSR count). The normalized spacial score (nSPS) is 12.0. The van der Waals surface area contributed by atoms with Crippen LogP contribution in [0.5, 0.6) is 5.75 Å². The van der Waals surface area contributed by atoms with Gasteiger partial charge in [0, 0.05) is 21.7 Å². The van der Waals surface area contributed by atoms with Crippen molar-refractivity contribution in [1.82, 2.24) is 0 Å². The summed E-state index contributed by atoms with van der Waals surface area (Å²) in [6, 6.07) is 11.4. The number of rotatable bonds is 6. The van der Waals surface area contributed by atoms with Crippen molar-refractivity contribution >= 4 is 33.2 Å². The zero-order valence-corrected chi connectivity index (χ0v) is 13.4. The Labute approximate surface area is 135 Å². The van der Waals surface area contributed by atoms with Gasteiger partial charge in [0.15, 0.2) is 11.6 Å². The molecule has 2 aromatic rings. The van der Waals surface area contributed by atoms with Crippen molar-refractivity contribution in [3.63, 3.8) is 0 Å². The number of hydrogen-bond donors (Lipinski definition) is 2. The van der Waals surface area contributed by atoms with Gasteiger partial charge in [-0.05, 0) is 46.3 Å². The van der Waals surface area contributed by atoms with E-state index in [1.54, 1.807) is 24.3 Å². The molecule has 1 atom stereocenters. The fraction of sp³-hybridized carbons (Fsp3) is 0.200. The van der Waals surface area contributed by atoms with E-state index in [0.29, 0.717) is 5.02 Å². The Morgan fingerprint density at radius 2 is 2.05 bits per heavy atom. The van der Waals surface area contributed by atoms with Crippen molar-refractivity contribution in [2.45, 2.75) is 6.10 Å². The first-order valence-electron chi connectivity index (χ1n) is 6.30. The summed E-state index contributed by atoms with van der Waals surface area (Å²) in [5, 5.41) is 13.5. The summed E-state index contributed by atoms with van der Waals surface area (Å²) in [5.74, 6) is -0.323. The Balaban J connectivity index is 1.84. The highest BCUT2D eigenvalue weighted by Gasteiger charge is 2.09. The monoisotopic (exact) mass is 373 g/mol. The second-order valence-corrected chi connectivity index (χ2v) is 5.69. The van der Waals surface area contributed by atoms with Gasteiger partial charge in [-0.15, -0.1) is 0 Å². The van der Waals surface area contributed by atoms with Crippen LogP contribution in [-0.4, -0.2) is 24.4 Å². The average Bonchev–Trinajstić information content (AvgIpc) is 2.47. The molecule has 0 aliphatic rings. The molecule has 0 aromatic heterocycles. The molecule has 21 heavy (non-hydrogen) atoms. The molecule has 0 aliphatic heterocycles. The Hall–Kier alpha value is -1.30. The quantitative estimate of drug-likeness (QED) is 0.800. The fourth-order valence-corrected chi connectivity index (χ4v) is 2.23. The predicted octanol–water partition coefficient (Wildman–Crippen LogP) is 4.09. The van der Waals surface area contributed by atoms with Crippen molar-refractivity contribution in [1.29, 1.82) is 0 Å². The molecule has 2 aromatic carbocycles. The largest absolute Gasteiger partial charge is 0.488 e. The van der Waals surface area contributed by atoms with Crippen LogP contribution >= 0.6 is 27.5 Å². The van der Waals surface area contributed by atoms with Crippen LogP contribution in [0, 0.1) is 5.82 Å². The van der Waals surface area contributed by atoms with Gasteiger partial charge in [0.2, 0.25) is 0 Å². The number of para-hydroxylation sites is 1. The maximum Gasteiger partial charge on any atom is 0.165 e. The Morgan fingerprint density at radius 3 is 2.81 bits per heavy atom. The van der Waals surface area contributed by atoms with Crippen molar-refractivity contribution < 1.29 is 14.2 Å². The van der Waals surface area contributed by atoms with Crippen molar-refractivity contribution in [3.8, 4) is 5.75 Å². The third kappa shape index (κ3) is 4.88. The maximum atomic E-state index is 13.3. The third-order valence-electron chi connectivity index (χ3n) is 2.72. The van der Waals surface area contributed by atoms with Crippen LogP contribution in [0.25, 0.3) is 0 Å². The van der Waals surface area contributed by atoms with Gasteiger partial charge in [-0.1, -0.05) is 23.7 Å². The minimum absolute atomic E-state index is 0.00782. The highest BCUT2D eigenvalue weighted by molar-refractivity contribution is 9.10. The molecule has 0 saturated carbocycles. The summed E-state index contributed by atoms with van der Waals surface area (Å²) in [5.41, 5.74) is 0.771. The Kier molecular flexibility index (Phi) is 5.85. The molecular weight excluding hydrogens is 361 g/mol. The highest BCUT2D eigenvalue weighted by Crippen LogP contribution is 2.25. The predicted molar refractivity (Wildman–Crippen MR) is 85.5 cm³/mol. The van der Waals surface area contributed by atoms with E-state index in [-0.39, 0.29) is 18.9 Å². The number of anilines is 1. The number of nitrogens with one attached hydrogen (secondary N) is 1. The van der Waals surface area contributed by atoms with E-state index >= 15 is 0 Å². The summed E-state index contributed by atoms with van der Waals surface area (Å²) in [4.78, 5) is 0. The van der Waals surface area contributed by atoms with Crippen molar-refractivity contribution in [3.05, 3.63) is 57.8 Å². The van der Waals surface area contributed by atoms with E-state index in [1.807, 2.05) is 6.07 Å². The Morgan fingerprint density at radius 1 is 1.29 bits per heavy atom. The van der Waals surface area contributed by atoms with Crippen molar-refractivity contribution in [2.75, 3.05) is 18.5 Å². The number of aliphatic hydroxyl groups is 1. The van der Waals surface area contributed by atoms with E-state index < -0.39 is 11.9 Å². The zero-order chi connectivity index (χ0) is 15.2. The molecular formula is C15H14BrClFNO2. The molecule has 0 saturated heterocycles. The lowest BCUT2D eigenvalue weighted by Gasteiger charge is -2.15. The molecule has 6 heteroatoms. The number of aliphatic hydroxyl groups excluding tert-OH is 1. The van der Waals surface area contributed by atoms with Gasteiger partial charge in [-0.2, -0.15) is 0 Å². The zero-order valence-electron chi connectivity index (χ0n) is 11.0. The third-order valence-corrected chi connectivity index (χ3v) is 3.65. The van der Waals surface area contributed by atoms with E-state index in [9.17, 15) is 9.50 Å². The number of halogens is 3. The van der Waals surface area contributed by atoms with Gasteiger partial charge >= 0.3 is 0 Å². The van der Waals surface area contributed by atoms with Gasteiger partial charge in [0.25, 0.3) is 0 Å². The van der Waals surface area contributed by atoms with E-state index in [4.69, 9.17) is 16.3 Å². The number of benzene rings is 2. The summed E-state index contributed by atoms with van der Waals surface area (Å²) in [7, 11) is 0. The maximum absolute atomic E-state index is 13.3. The smallest absolute Gasteiger partial charge is 0.165 e. The molecule has 1 unspecified atom stereocenters. The minimum Gasteiger partial charge on any atom is -0.488 e. The molecule has 0 spiro atoms. The summed E-state index contributed by atoms with van der Waals surface area (Å²) in [6.45, 7) is 0.250. The first kappa shape index (κ1) is 16.1. The molecule has 112 valence electrons. The molecule has 0 radical (unpaired) electrons. The lowest BCUT2D eigenvalue weighted by Crippen LogP contribution is -2.26. The first-order chi connectivity index (χ1) is 10.1. The molecule has 3 nitrogen and oxygen atoms in total. The molecule has 0 aliphatic carbocycles. The minimum atomic E-state index is -0.782. The SMILES string of the molecule is OC(CNc1cc(Cl)ccc1Br)COc1ccccc1F. The Bertz CT molecular complexity index is 612. The van der Waals surface area contributed by atoms with Gasteiger partial charge < -0.3 is 15.2 Å². The fourth-order valence-electron chi connectivity index (χ4n) is 1.67. The van der Waals surface area contributed by atoms with Crippen LogP contribution in [0.3, 0.4) is 0 Å².